The Bertz CT molecular complexity index is 739. The number of rotatable bonds is 2. The molecule has 0 radical (unpaired) electrons. The number of pyridine rings is 1. The first kappa shape index (κ1) is 12.5. The summed E-state index contributed by atoms with van der Waals surface area (Å²) in [4.78, 5) is 11.2. The largest absolute Gasteiger partial charge is 0.503 e. The quantitative estimate of drug-likeness (QED) is 0.905. The first-order valence-corrected chi connectivity index (χ1v) is 6.61. The van der Waals surface area contributed by atoms with E-state index in [1.54, 1.807) is 10.8 Å². The Morgan fingerprint density at radius 1 is 1.00 bits per heavy atom. The Morgan fingerprint density at radius 3 is 2.45 bits per heavy atom. The smallest absolute Gasteiger partial charge is 0.223 e. The van der Waals surface area contributed by atoms with Crippen LogP contribution in [0.2, 0.25) is 0 Å². The lowest BCUT2D eigenvalue weighted by atomic mass is 9.96. The van der Waals surface area contributed by atoms with E-state index in [-0.39, 0.29) is 11.2 Å². The fraction of sp³-hybridized carbons (Fsp3) is 0.118. The van der Waals surface area contributed by atoms with Gasteiger partial charge >= 0.3 is 0 Å². The molecule has 0 saturated heterocycles. The van der Waals surface area contributed by atoms with Gasteiger partial charge in [0.2, 0.25) is 5.43 Å². The second kappa shape index (κ2) is 5.21. The van der Waals surface area contributed by atoms with Gasteiger partial charge in [0, 0.05) is 18.0 Å². The maximum Gasteiger partial charge on any atom is 0.223 e. The molecule has 3 heteroatoms. The number of nitrogens with zero attached hydrogens (tertiary/aromatic N) is 1. The highest BCUT2D eigenvalue weighted by atomic mass is 16.3. The third-order valence-electron chi connectivity index (χ3n) is 3.50. The molecule has 0 aliphatic heterocycles. The maximum atomic E-state index is 11.2. The van der Waals surface area contributed by atoms with Crippen molar-refractivity contribution in [3.05, 3.63) is 76.7 Å². The summed E-state index contributed by atoms with van der Waals surface area (Å²) in [5.41, 5.74) is 3.27. The van der Waals surface area contributed by atoms with Crippen LogP contribution in [-0.4, -0.2) is 9.67 Å². The van der Waals surface area contributed by atoms with Gasteiger partial charge in [-0.2, -0.15) is 0 Å². The average Bonchev–Trinajstić information content (AvgIpc) is 2.51. The molecule has 0 amide bonds. The molecular weight excluding hydrogens is 250 g/mol. The van der Waals surface area contributed by atoms with Crippen molar-refractivity contribution in [2.45, 2.75) is 12.8 Å². The molecule has 1 aromatic carbocycles. The standard InChI is InChI=1S/C17H15NO2/c19-16-10-11-18(12-17(16)20)15-8-6-14(7-9-15)13-4-2-1-3-5-13/h1-6,8,10-12,20H,7,9H2. The highest BCUT2D eigenvalue weighted by molar-refractivity contribution is 5.72. The van der Waals surface area contributed by atoms with Crippen LogP contribution >= 0.6 is 0 Å². The van der Waals surface area contributed by atoms with Gasteiger partial charge in [-0.1, -0.05) is 36.4 Å². The third-order valence-corrected chi connectivity index (χ3v) is 3.50. The number of hydrogen-bond acceptors (Lipinski definition) is 2. The summed E-state index contributed by atoms with van der Waals surface area (Å²) in [7, 11) is 0. The fourth-order valence-electron chi connectivity index (χ4n) is 2.38. The molecular formula is C17H15NO2. The molecule has 100 valence electrons. The number of aromatic nitrogens is 1. The van der Waals surface area contributed by atoms with Crippen LogP contribution < -0.4 is 5.43 Å². The maximum absolute atomic E-state index is 11.2. The van der Waals surface area contributed by atoms with Crippen LogP contribution in [-0.2, 0) is 0 Å². The lowest BCUT2D eigenvalue weighted by molar-refractivity contribution is 0.465. The van der Waals surface area contributed by atoms with Gasteiger partial charge in [0.05, 0.1) is 6.20 Å². The van der Waals surface area contributed by atoms with Crippen molar-refractivity contribution >= 4 is 11.3 Å². The number of hydrogen-bond donors (Lipinski definition) is 1. The normalized spacial score (nSPS) is 14.6. The summed E-state index contributed by atoms with van der Waals surface area (Å²) < 4.78 is 1.80. The van der Waals surface area contributed by atoms with Crippen molar-refractivity contribution in [2.24, 2.45) is 0 Å². The molecule has 1 aliphatic rings. The van der Waals surface area contributed by atoms with Crippen LogP contribution in [0.5, 0.6) is 5.75 Å². The molecule has 1 heterocycles. The van der Waals surface area contributed by atoms with Crippen LogP contribution in [0.3, 0.4) is 0 Å². The van der Waals surface area contributed by atoms with Crippen molar-refractivity contribution in [3.63, 3.8) is 0 Å². The molecule has 0 fully saturated rings. The van der Waals surface area contributed by atoms with Gasteiger partial charge in [0.1, 0.15) is 0 Å². The minimum absolute atomic E-state index is 0.216. The monoisotopic (exact) mass is 265 g/mol. The van der Waals surface area contributed by atoms with Gasteiger partial charge in [0.25, 0.3) is 0 Å². The summed E-state index contributed by atoms with van der Waals surface area (Å²) in [6, 6.07) is 11.7. The van der Waals surface area contributed by atoms with Crippen LogP contribution in [0, 0.1) is 0 Å². The molecule has 3 nitrogen and oxygen atoms in total. The molecule has 2 aromatic rings. The molecule has 1 aliphatic carbocycles. The third kappa shape index (κ3) is 2.43. The van der Waals surface area contributed by atoms with Crippen molar-refractivity contribution in [3.8, 4) is 5.75 Å². The first-order chi connectivity index (χ1) is 9.74. The molecule has 20 heavy (non-hydrogen) atoms. The summed E-state index contributed by atoms with van der Waals surface area (Å²) in [6.07, 6.45) is 9.12. The van der Waals surface area contributed by atoms with Crippen molar-refractivity contribution in [1.29, 1.82) is 0 Å². The summed E-state index contributed by atoms with van der Waals surface area (Å²) >= 11 is 0. The molecule has 3 rings (SSSR count). The number of allylic oxidation sites excluding steroid dienone is 4. The van der Waals surface area contributed by atoms with Gasteiger partial charge in [-0.05, 0) is 30.1 Å². The number of benzene rings is 1. The Labute approximate surface area is 117 Å². The van der Waals surface area contributed by atoms with Gasteiger partial charge in [-0.15, -0.1) is 0 Å². The minimum atomic E-state index is -0.349. The van der Waals surface area contributed by atoms with E-state index in [2.05, 4.69) is 18.2 Å². The van der Waals surface area contributed by atoms with Crippen LogP contribution in [0.1, 0.15) is 18.4 Å². The second-order valence-corrected chi connectivity index (χ2v) is 4.82. The lowest BCUT2D eigenvalue weighted by Gasteiger charge is -2.17. The molecule has 0 saturated carbocycles. The second-order valence-electron chi connectivity index (χ2n) is 4.82. The first-order valence-electron chi connectivity index (χ1n) is 6.61. The molecule has 0 atom stereocenters. The highest BCUT2D eigenvalue weighted by Crippen LogP contribution is 2.28. The fourth-order valence-corrected chi connectivity index (χ4v) is 2.38. The Morgan fingerprint density at radius 2 is 1.80 bits per heavy atom. The zero-order valence-corrected chi connectivity index (χ0v) is 11.0. The summed E-state index contributed by atoms with van der Waals surface area (Å²) in [5.74, 6) is -0.216. The van der Waals surface area contributed by atoms with E-state index < -0.39 is 0 Å². The van der Waals surface area contributed by atoms with Crippen LogP contribution in [0.25, 0.3) is 11.3 Å². The molecule has 0 unspecified atom stereocenters. The van der Waals surface area contributed by atoms with E-state index in [1.165, 1.54) is 23.4 Å². The van der Waals surface area contributed by atoms with Crippen molar-refractivity contribution < 1.29 is 5.11 Å². The van der Waals surface area contributed by atoms with Crippen LogP contribution in [0.15, 0.2) is 65.7 Å². The van der Waals surface area contributed by atoms with Crippen molar-refractivity contribution in [1.82, 2.24) is 4.57 Å². The average molecular weight is 265 g/mol. The van der Waals surface area contributed by atoms with Gasteiger partial charge in [-0.25, -0.2) is 0 Å². The van der Waals surface area contributed by atoms with Crippen molar-refractivity contribution in [2.75, 3.05) is 0 Å². The van der Waals surface area contributed by atoms with Gasteiger partial charge in [-0.3, -0.25) is 4.79 Å². The van der Waals surface area contributed by atoms with E-state index in [9.17, 15) is 9.90 Å². The minimum Gasteiger partial charge on any atom is -0.503 e. The van der Waals surface area contributed by atoms with E-state index in [1.807, 2.05) is 24.3 Å². The van der Waals surface area contributed by atoms with E-state index >= 15 is 0 Å². The molecule has 0 bridgehead atoms. The van der Waals surface area contributed by atoms with Crippen LogP contribution in [0.4, 0.5) is 0 Å². The van der Waals surface area contributed by atoms with E-state index in [4.69, 9.17) is 0 Å². The Hall–Kier alpha value is -2.55. The summed E-state index contributed by atoms with van der Waals surface area (Å²) in [6.45, 7) is 0. The van der Waals surface area contributed by atoms with Gasteiger partial charge in [0.15, 0.2) is 5.75 Å². The Kier molecular flexibility index (Phi) is 3.25. The number of aromatic hydroxyl groups is 1. The van der Waals surface area contributed by atoms with E-state index in [0.717, 1.165) is 18.5 Å². The van der Waals surface area contributed by atoms with E-state index in [0.29, 0.717) is 0 Å². The summed E-state index contributed by atoms with van der Waals surface area (Å²) in [5, 5.41) is 9.48. The zero-order chi connectivity index (χ0) is 13.9. The topological polar surface area (TPSA) is 42.2 Å². The highest BCUT2D eigenvalue weighted by Gasteiger charge is 2.09. The SMILES string of the molecule is O=c1ccn(C2=CC=C(c3ccccc3)CC2)cc1O. The molecule has 0 spiro atoms. The predicted molar refractivity (Wildman–Crippen MR) is 80.3 cm³/mol. The van der Waals surface area contributed by atoms with Gasteiger partial charge < -0.3 is 9.67 Å². The molecule has 1 aromatic heterocycles. The zero-order valence-electron chi connectivity index (χ0n) is 11.0. The predicted octanol–water partition coefficient (Wildman–Crippen LogP) is 3.27. The lowest BCUT2D eigenvalue weighted by Crippen LogP contribution is -2.06. The molecule has 1 N–H and O–H groups in total. The Balaban J connectivity index is 1.91.